The Labute approximate surface area is 162 Å². The molecule has 3 nitrogen and oxygen atoms in total. The number of aliphatic hydroxyl groups excluding tert-OH is 2. The Morgan fingerprint density at radius 3 is 2.00 bits per heavy atom. The maximum Gasteiger partial charge on any atom is 0.119 e. The van der Waals surface area contributed by atoms with E-state index in [0.717, 1.165) is 33.8 Å². The van der Waals surface area contributed by atoms with E-state index in [1.54, 1.807) is 11.3 Å². The van der Waals surface area contributed by atoms with E-state index in [-0.39, 0.29) is 0 Å². The van der Waals surface area contributed by atoms with E-state index in [4.69, 9.17) is 0 Å². The molecule has 3 N–H and O–H groups in total. The fourth-order valence-electron chi connectivity index (χ4n) is 3.16. The molecule has 2 aromatic carbocycles. The van der Waals surface area contributed by atoms with Gasteiger partial charge in [0.05, 0.1) is 0 Å². The molecule has 0 spiro atoms. The molecule has 0 aliphatic carbocycles. The second-order valence-corrected chi connectivity index (χ2v) is 7.75. The van der Waals surface area contributed by atoms with Crippen LogP contribution >= 0.6 is 11.3 Å². The summed E-state index contributed by atoms with van der Waals surface area (Å²) in [4.78, 5) is 5.43. The van der Waals surface area contributed by atoms with Crippen molar-refractivity contribution in [1.29, 1.82) is 0 Å². The van der Waals surface area contributed by atoms with Crippen LogP contribution in [0.2, 0.25) is 0 Å². The number of thiophene rings is 1. The van der Waals surface area contributed by atoms with Crippen molar-refractivity contribution in [3.63, 3.8) is 0 Å². The molecule has 0 bridgehead atoms. The van der Waals surface area contributed by atoms with E-state index in [1.807, 2.05) is 78.9 Å². The molecule has 0 saturated carbocycles. The molecule has 2 atom stereocenters. The predicted molar refractivity (Wildman–Crippen MR) is 109 cm³/mol. The van der Waals surface area contributed by atoms with Crippen molar-refractivity contribution < 1.29 is 10.2 Å². The number of hydrogen-bond donors (Lipinski definition) is 3. The van der Waals surface area contributed by atoms with Crippen molar-refractivity contribution in [2.45, 2.75) is 18.6 Å². The average Bonchev–Trinajstić information content (AvgIpc) is 3.38. The first-order valence-corrected chi connectivity index (χ1v) is 9.75. The van der Waals surface area contributed by atoms with Gasteiger partial charge < -0.3 is 15.2 Å². The summed E-state index contributed by atoms with van der Waals surface area (Å²) in [6.07, 6.45) is -0.504. The number of benzene rings is 2. The standard InChI is InChI=1S/C23H21NO2S/c25-22(16-7-3-1-4-8-16)20-13-11-18(24-20)15-19-12-14-21(27-19)23(26)17-9-5-2-6-10-17/h1-14,22-26H,15H2. The minimum atomic E-state index is -0.654. The lowest BCUT2D eigenvalue weighted by Crippen LogP contribution is -2.00. The molecule has 27 heavy (non-hydrogen) atoms. The van der Waals surface area contributed by atoms with Gasteiger partial charge in [-0.05, 0) is 35.4 Å². The predicted octanol–water partition coefficient (Wildman–Crippen LogP) is 4.83. The zero-order valence-corrected chi connectivity index (χ0v) is 15.6. The van der Waals surface area contributed by atoms with Gasteiger partial charge in [0, 0.05) is 27.6 Å². The van der Waals surface area contributed by atoms with Crippen molar-refractivity contribution >= 4 is 11.3 Å². The van der Waals surface area contributed by atoms with E-state index in [2.05, 4.69) is 11.1 Å². The lowest BCUT2D eigenvalue weighted by atomic mass is 10.1. The molecule has 4 heteroatoms. The van der Waals surface area contributed by atoms with Crippen molar-refractivity contribution in [3.8, 4) is 0 Å². The third-order valence-corrected chi connectivity index (χ3v) is 5.75. The largest absolute Gasteiger partial charge is 0.383 e. The smallest absolute Gasteiger partial charge is 0.119 e. The lowest BCUT2D eigenvalue weighted by molar-refractivity contribution is 0.216. The monoisotopic (exact) mass is 375 g/mol. The van der Waals surface area contributed by atoms with Gasteiger partial charge in [-0.15, -0.1) is 11.3 Å². The molecule has 0 saturated heterocycles. The summed E-state index contributed by atoms with van der Waals surface area (Å²) < 4.78 is 0. The number of aromatic nitrogens is 1. The van der Waals surface area contributed by atoms with Crippen LogP contribution in [0.5, 0.6) is 0 Å². The van der Waals surface area contributed by atoms with Crippen molar-refractivity contribution in [2.75, 3.05) is 0 Å². The first kappa shape index (κ1) is 17.7. The highest BCUT2D eigenvalue weighted by molar-refractivity contribution is 7.12. The molecular weight excluding hydrogens is 354 g/mol. The summed E-state index contributed by atoms with van der Waals surface area (Å²) in [5, 5.41) is 21.1. The second kappa shape index (κ2) is 7.92. The molecule has 0 aliphatic rings. The summed E-state index contributed by atoms with van der Waals surface area (Å²) in [7, 11) is 0. The third kappa shape index (κ3) is 4.03. The van der Waals surface area contributed by atoms with Gasteiger partial charge in [0.15, 0.2) is 0 Å². The lowest BCUT2D eigenvalue weighted by Gasteiger charge is -2.09. The van der Waals surface area contributed by atoms with Crippen LogP contribution in [-0.2, 0) is 6.42 Å². The Balaban J connectivity index is 1.46. The van der Waals surface area contributed by atoms with E-state index in [9.17, 15) is 10.2 Å². The van der Waals surface area contributed by atoms with Crippen LogP contribution in [0.3, 0.4) is 0 Å². The highest BCUT2D eigenvalue weighted by Crippen LogP contribution is 2.30. The molecule has 4 rings (SSSR count). The van der Waals surface area contributed by atoms with Gasteiger partial charge in [0.25, 0.3) is 0 Å². The Morgan fingerprint density at radius 1 is 0.704 bits per heavy atom. The highest BCUT2D eigenvalue weighted by Gasteiger charge is 2.15. The van der Waals surface area contributed by atoms with Crippen LogP contribution in [-0.4, -0.2) is 15.2 Å². The molecular formula is C23H21NO2S. The van der Waals surface area contributed by atoms with Crippen LogP contribution in [0.15, 0.2) is 84.9 Å². The zero-order chi connectivity index (χ0) is 18.6. The Kier molecular flexibility index (Phi) is 5.21. The molecule has 4 aromatic rings. The number of rotatable bonds is 6. The average molecular weight is 375 g/mol. The van der Waals surface area contributed by atoms with Gasteiger partial charge >= 0.3 is 0 Å². The number of hydrogen-bond acceptors (Lipinski definition) is 3. The quantitative estimate of drug-likeness (QED) is 0.452. The molecule has 0 amide bonds. The van der Waals surface area contributed by atoms with Crippen molar-refractivity contribution in [3.05, 3.63) is 117 Å². The minimum absolute atomic E-state index is 0.593. The molecule has 0 radical (unpaired) electrons. The maximum atomic E-state index is 10.5. The number of aliphatic hydroxyl groups is 2. The fraction of sp³-hybridized carbons (Fsp3) is 0.130. The normalized spacial score (nSPS) is 13.4. The summed E-state index contributed by atoms with van der Waals surface area (Å²) >= 11 is 1.61. The highest BCUT2D eigenvalue weighted by atomic mass is 32.1. The molecule has 2 aromatic heterocycles. The van der Waals surface area contributed by atoms with Crippen LogP contribution in [0.4, 0.5) is 0 Å². The number of H-pyrrole nitrogens is 1. The molecule has 136 valence electrons. The summed E-state index contributed by atoms with van der Waals surface area (Å²) in [5.74, 6) is 0. The number of aromatic amines is 1. The van der Waals surface area contributed by atoms with Crippen LogP contribution in [0.25, 0.3) is 0 Å². The van der Waals surface area contributed by atoms with Gasteiger partial charge in [-0.1, -0.05) is 60.7 Å². The van der Waals surface area contributed by atoms with Crippen LogP contribution in [0, 0.1) is 0 Å². The Morgan fingerprint density at radius 2 is 1.33 bits per heavy atom. The summed E-state index contributed by atoms with van der Waals surface area (Å²) in [5.41, 5.74) is 3.61. The van der Waals surface area contributed by atoms with Gasteiger partial charge in [0.2, 0.25) is 0 Å². The van der Waals surface area contributed by atoms with E-state index in [0.29, 0.717) is 0 Å². The maximum absolute atomic E-state index is 10.5. The Bertz CT molecular complexity index is 910. The van der Waals surface area contributed by atoms with E-state index in [1.165, 1.54) is 4.88 Å². The minimum Gasteiger partial charge on any atom is -0.383 e. The topological polar surface area (TPSA) is 56.2 Å². The van der Waals surface area contributed by atoms with Crippen LogP contribution < -0.4 is 0 Å². The molecule has 2 unspecified atom stereocenters. The third-order valence-electron chi connectivity index (χ3n) is 4.61. The number of nitrogens with one attached hydrogen (secondary N) is 1. The zero-order valence-electron chi connectivity index (χ0n) is 14.7. The fourth-order valence-corrected chi connectivity index (χ4v) is 4.21. The van der Waals surface area contributed by atoms with Crippen molar-refractivity contribution in [1.82, 2.24) is 4.98 Å². The van der Waals surface area contributed by atoms with Gasteiger partial charge in [-0.2, -0.15) is 0 Å². The second-order valence-electron chi connectivity index (χ2n) is 6.55. The van der Waals surface area contributed by atoms with Crippen molar-refractivity contribution in [2.24, 2.45) is 0 Å². The SMILES string of the molecule is OC(c1ccccc1)c1ccc(Cc2ccc(C(O)c3ccccc3)s2)[nH]1. The molecule has 0 fully saturated rings. The molecule has 0 aliphatic heterocycles. The van der Waals surface area contributed by atoms with Crippen LogP contribution in [0.1, 0.15) is 44.5 Å². The summed E-state index contributed by atoms with van der Waals surface area (Å²) in [6.45, 7) is 0. The first-order valence-electron chi connectivity index (χ1n) is 8.93. The first-order chi connectivity index (χ1) is 13.2. The van der Waals surface area contributed by atoms with Gasteiger partial charge in [0.1, 0.15) is 12.2 Å². The summed E-state index contributed by atoms with van der Waals surface area (Å²) in [6, 6.07) is 27.3. The van der Waals surface area contributed by atoms with Gasteiger partial charge in [-0.3, -0.25) is 0 Å². The molecule has 2 heterocycles. The van der Waals surface area contributed by atoms with E-state index >= 15 is 0 Å². The Hall–Kier alpha value is -2.66. The van der Waals surface area contributed by atoms with Gasteiger partial charge in [-0.25, -0.2) is 0 Å². The van der Waals surface area contributed by atoms with E-state index < -0.39 is 12.2 Å².